The minimum absolute atomic E-state index is 0.209. The number of nitrogens with one attached hydrogen (secondary N) is 2. The zero-order chi connectivity index (χ0) is 19.1. The van der Waals surface area contributed by atoms with Crippen LogP contribution in [0.3, 0.4) is 0 Å². The highest BCUT2D eigenvalue weighted by atomic mass is 16.5. The van der Waals surface area contributed by atoms with E-state index in [1.165, 1.54) is 31.5 Å². The van der Waals surface area contributed by atoms with Gasteiger partial charge in [0.15, 0.2) is 5.96 Å². The maximum atomic E-state index is 5.66. The number of ether oxygens (including phenoxy) is 1. The maximum Gasteiger partial charge on any atom is 0.191 e. The molecule has 5 heteroatoms. The molecule has 0 aromatic heterocycles. The van der Waals surface area contributed by atoms with Gasteiger partial charge in [0.05, 0.1) is 0 Å². The third-order valence-electron chi connectivity index (χ3n) is 6.45. The third-order valence-corrected chi connectivity index (χ3v) is 6.45. The fourth-order valence-electron chi connectivity index (χ4n) is 4.38. The van der Waals surface area contributed by atoms with E-state index in [1.807, 2.05) is 7.05 Å². The van der Waals surface area contributed by atoms with E-state index in [1.54, 1.807) is 0 Å². The fraction of sp³-hybridized carbons (Fsp3) is 0.682. The Morgan fingerprint density at radius 1 is 1.15 bits per heavy atom. The normalized spacial score (nSPS) is 23.0. The molecule has 0 amide bonds. The van der Waals surface area contributed by atoms with Crippen LogP contribution in [0, 0.1) is 0 Å². The van der Waals surface area contributed by atoms with Crippen LogP contribution in [0.15, 0.2) is 35.3 Å². The molecule has 2 fully saturated rings. The van der Waals surface area contributed by atoms with Crippen molar-refractivity contribution < 1.29 is 4.74 Å². The molecule has 2 N–H and O–H groups in total. The van der Waals surface area contributed by atoms with Gasteiger partial charge in [0, 0.05) is 44.3 Å². The molecule has 2 aliphatic rings. The van der Waals surface area contributed by atoms with Crippen LogP contribution in [0.2, 0.25) is 0 Å². The summed E-state index contributed by atoms with van der Waals surface area (Å²) in [5.74, 6) is 1.32. The van der Waals surface area contributed by atoms with Crippen LogP contribution in [0.5, 0.6) is 0 Å². The molecule has 1 aromatic carbocycles. The monoisotopic (exact) mass is 372 g/mol. The van der Waals surface area contributed by atoms with Crippen LogP contribution in [0.1, 0.15) is 51.0 Å². The number of nitrogens with zero attached hydrogens (tertiary/aromatic N) is 2. The van der Waals surface area contributed by atoms with Gasteiger partial charge in [0.25, 0.3) is 0 Å². The number of guanidine groups is 1. The van der Waals surface area contributed by atoms with Gasteiger partial charge in [-0.3, -0.25) is 9.89 Å². The summed E-state index contributed by atoms with van der Waals surface area (Å²) in [6.45, 7) is 9.60. The lowest BCUT2D eigenvalue weighted by Gasteiger charge is -2.45. The predicted octanol–water partition coefficient (Wildman–Crippen LogP) is 2.99. The molecule has 0 aliphatic carbocycles. The van der Waals surface area contributed by atoms with E-state index < -0.39 is 0 Å². The second-order valence-corrected chi connectivity index (χ2v) is 8.09. The number of benzene rings is 1. The van der Waals surface area contributed by atoms with Crippen molar-refractivity contribution in [2.45, 2.75) is 57.0 Å². The van der Waals surface area contributed by atoms with Crippen molar-refractivity contribution in [3.63, 3.8) is 0 Å². The average Bonchev–Trinajstić information content (AvgIpc) is 3.27. The molecule has 0 bridgehead atoms. The molecule has 2 heterocycles. The Morgan fingerprint density at radius 3 is 2.44 bits per heavy atom. The summed E-state index contributed by atoms with van der Waals surface area (Å²) >= 11 is 0. The minimum Gasteiger partial charge on any atom is -0.381 e. The minimum atomic E-state index is 0.209. The maximum absolute atomic E-state index is 5.66. The molecule has 27 heavy (non-hydrogen) atoms. The molecular weight excluding hydrogens is 336 g/mol. The van der Waals surface area contributed by atoms with Crippen molar-refractivity contribution in [3.8, 4) is 0 Å². The van der Waals surface area contributed by atoms with Gasteiger partial charge in [0.1, 0.15) is 0 Å². The van der Waals surface area contributed by atoms with Crippen molar-refractivity contribution in [2.75, 3.05) is 39.9 Å². The molecule has 2 saturated heterocycles. The summed E-state index contributed by atoms with van der Waals surface area (Å²) in [5.41, 5.74) is 1.56. The lowest BCUT2D eigenvalue weighted by Crippen LogP contribution is -2.59. The van der Waals surface area contributed by atoms with Crippen LogP contribution >= 0.6 is 0 Å². The van der Waals surface area contributed by atoms with Crippen LogP contribution in [0.4, 0.5) is 0 Å². The van der Waals surface area contributed by atoms with E-state index in [-0.39, 0.29) is 5.54 Å². The van der Waals surface area contributed by atoms with E-state index in [0.717, 1.165) is 38.6 Å². The van der Waals surface area contributed by atoms with Crippen LogP contribution < -0.4 is 10.6 Å². The van der Waals surface area contributed by atoms with Crippen molar-refractivity contribution >= 4 is 5.96 Å². The first-order valence-electron chi connectivity index (χ1n) is 10.5. The van der Waals surface area contributed by atoms with Gasteiger partial charge >= 0.3 is 0 Å². The van der Waals surface area contributed by atoms with Crippen LogP contribution in [-0.4, -0.2) is 62.3 Å². The average molecular weight is 373 g/mol. The Labute approximate surface area is 164 Å². The molecule has 3 rings (SSSR count). The topological polar surface area (TPSA) is 48.9 Å². The van der Waals surface area contributed by atoms with Gasteiger partial charge in [-0.2, -0.15) is 0 Å². The van der Waals surface area contributed by atoms with Crippen molar-refractivity contribution in [2.24, 2.45) is 4.99 Å². The molecule has 150 valence electrons. The van der Waals surface area contributed by atoms with Gasteiger partial charge in [-0.15, -0.1) is 0 Å². The summed E-state index contributed by atoms with van der Waals surface area (Å²) < 4.78 is 5.66. The fourth-order valence-corrected chi connectivity index (χ4v) is 4.38. The Morgan fingerprint density at radius 2 is 1.81 bits per heavy atom. The lowest BCUT2D eigenvalue weighted by molar-refractivity contribution is -0.0164. The molecular formula is C22H36N4O. The first kappa shape index (κ1) is 20.2. The highest BCUT2D eigenvalue weighted by Crippen LogP contribution is 2.30. The van der Waals surface area contributed by atoms with E-state index in [0.29, 0.717) is 12.0 Å². The molecule has 0 spiro atoms. The van der Waals surface area contributed by atoms with Crippen molar-refractivity contribution in [1.82, 2.24) is 15.5 Å². The van der Waals surface area contributed by atoms with Gasteiger partial charge in [-0.25, -0.2) is 0 Å². The number of hydrogen-bond donors (Lipinski definition) is 2. The standard InChI is InChI=1S/C22H36N4O/c1-18(20-9-5-4-6-10-20)19(2)25-21(23-3)24-17-22(11-15-27-16-12-22)26-13-7-8-14-26/h4-6,9-10,18-19H,7-8,11-17H2,1-3H3,(H2,23,24,25). The van der Waals surface area contributed by atoms with E-state index in [9.17, 15) is 0 Å². The summed E-state index contributed by atoms with van der Waals surface area (Å²) in [6.07, 6.45) is 4.85. The molecule has 2 unspecified atom stereocenters. The molecule has 2 atom stereocenters. The third kappa shape index (κ3) is 5.02. The first-order valence-corrected chi connectivity index (χ1v) is 10.5. The molecule has 0 radical (unpaired) electrons. The van der Waals surface area contributed by atoms with Crippen molar-refractivity contribution in [1.29, 1.82) is 0 Å². The summed E-state index contributed by atoms with van der Waals surface area (Å²) in [6, 6.07) is 11.0. The number of hydrogen-bond acceptors (Lipinski definition) is 3. The highest BCUT2D eigenvalue weighted by Gasteiger charge is 2.39. The summed E-state index contributed by atoms with van der Waals surface area (Å²) in [7, 11) is 1.86. The second-order valence-electron chi connectivity index (χ2n) is 8.09. The quantitative estimate of drug-likeness (QED) is 0.595. The van der Waals surface area contributed by atoms with Crippen molar-refractivity contribution in [3.05, 3.63) is 35.9 Å². The van der Waals surface area contributed by atoms with Crippen LogP contribution in [-0.2, 0) is 4.74 Å². The Balaban J connectivity index is 1.59. The van der Waals surface area contributed by atoms with E-state index in [2.05, 4.69) is 64.7 Å². The predicted molar refractivity (Wildman–Crippen MR) is 112 cm³/mol. The SMILES string of the molecule is CN=C(NCC1(N2CCCC2)CCOCC1)NC(C)C(C)c1ccccc1. The Bertz CT molecular complexity index is 592. The zero-order valence-corrected chi connectivity index (χ0v) is 17.2. The van der Waals surface area contributed by atoms with Gasteiger partial charge in [0.2, 0.25) is 0 Å². The van der Waals surface area contributed by atoms with E-state index in [4.69, 9.17) is 4.74 Å². The number of likely N-dealkylation sites (tertiary alicyclic amines) is 1. The molecule has 0 saturated carbocycles. The van der Waals surface area contributed by atoms with E-state index >= 15 is 0 Å². The van der Waals surface area contributed by atoms with Crippen LogP contribution in [0.25, 0.3) is 0 Å². The van der Waals surface area contributed by atoms with Gasteiger partial charge in [-0.05, 0) is 51.3 Å². The van der Waals surface area contributed by atoms with Gasteiger partial charge < -0.3 is 15.4 Å². The molecule has 5 nitrogen and oxygen atoms in total. The largest absolute Gasteiger partial charge is 0.381 e. The Hall–Kier alpha value is -1.59. The summed E-state index contributed by atoms with van der Waals surface area (Å²) in [5, 5.41) is 7.24. The summed E-state index contributed by atoms with van der Waals surface area (Å²) in [4.78, 5) is 7.18. The second kappa shape index (κ2) is 9.56. The zero-order valence-electron chi connectivity index (χ0n) is 17.2. The smallest absolute Gasteiger partial charge is 0.191 e. The lowest BCUT2D eigenvalue weighted by atomic mass is 9.88. The van der Waals surface area contributed by atoms with Gasteiger partial charge in [-0.1, -0.05) is 37.3 Å². The first-order chi connectivity index (χ1) is 13.1. The number of rotatable bonds is 6. The Kier molecular flexibility index (Phi) is 7.13. The highest BCUT2D eigenvalue weighted by molar-refractivity contribution is 5.80. The number of aliphatic imine (C=N–C) groups is 1. The molecule has 1 aromatic rings. The molecule has 2 aliphatic heterocycles.